The first kappa shape index (κ1) is 21.4. The minimum atomic E-state index is 0.710. The predicted molar refractivity (Wildman–Crippen MR) is 123 cm³/mol. The van der Waals surface area contributed by atoms with Crippen LogP contribution in [-0.4, -0.2) is 32.6 Å². The Labute approximate surface area is 180 Å². The molecule has 0 radical (unpaired) electrons. The molecule has 0 aliphatic carbocycles. The smallest absolute Gasteiger partial charge is 0.157 e. The average Bonchev–Trinajstić information content (AvgIpc) is 3.33. The number of nitrogens with zero attached hydrogens (tertiary/aromatic N) is 4. The number of rotatable bonds is 6. The van der Waals surface area contributed by atoms with Gasteiger partial charge in [0.25, 0.3) is 0 Å². The second kappa shape index (κ2) is 10.5. The van der Waals surface area contributed by atoms with E-state index in [-0.39, 0.29) is 0 Å². The number of hydrogen-bond acceptors (Lipinski definition) is 5. The minimum absolute atomic E-state index is 0.710. The summed E-state index contributed by atoms with van der Waals surface area (Å²) in [6.45, 7) is 8.71. The molecular weight excluding hydrogens is 402 g/mol. The summed E-state index contributed by atoms with van der Waals surface area (Å²) < 4.78 is 2.09. The number of aromatic nitrogens is 4. The third-order valence-electron chi connectivity index (χ3n) is 4.24. The number of pyridine rings is 1. The largest absolute Gasteiger partial charge is 0.317 e. The Kier molecular flexibility index (Phi) is 7.75. The number of nitrogens with one attached hydrogen (secondary N) is 1. The number of imidazole rings is 1. The molecule has 0 bridgehead atoms. The molecule has 1 N–H and O–H groups in total. The van der Waals surface area contributed by atoms with Crippen molar-refractivity contribution in [2.24, 2.45) is 0 Å². The molecule has 0 atom stereocenters. The van der Waals surface area contributed by atoms with E-state index in [9.17, 15) is 0 Å². The van der Waals surface area contributed by atoms with Gasteiger partial charge in [-0.2, -0.15) is 0 Å². The van der Waals surface area contributed by atoms with Crippen LogP contribution in [0.1, 0.15) is 31.7 Å². The maximum absolute atomic E-state index is 6.01. The number of halogens is 1. The Morgan fingerprint density at radius 2 is 1.76 bits per heavy atom. The van der Waals surface area contributed by atoms with E-state index in [1.807, 2.05) is 49.6 Å². The van der Waals surface area contributed by atoms with Gasteiger partial charge in [0, 0.05) is 23.1 Å². The van der Waals surface area contributed by atoms with Gasteiger partial charge in [-0.25, -0.2) is 9.97 Å². The van der Waals surface area contributed by atoms with Crippen molar-refractivity contribution in [3.63, 3.8) is 0 Å². The first-order valence-corrected chi connectivity index (χ1v) is 11.0. The zero-order chi connectivity index (χ0) is 20.6. The molecule has 4 rings (SSSR count). The standard InChI is InChI=1S/C16H11ClN4S.C6H15N/c1-10-19-9-15(22-10)16-20-13-6-7-18-8-14(13)21(16)12-4-2-11(17)3-5-12;1-3-5-7-6-4-2/h2-9H,1H3;7H,3-6H2,1-2H3. The summed E-state index contributed by atoms with van der Waals surface area (Å²) in [6.07, 6.45) is 7.94. The molecule has 0 fully saturated rings. The van der Waals surface area contributed by atoms with Crippen molar-refractivity contribution in [1.82, 2.24) is 24.8 Å². The van der Waals surface area contributed by atoms with Crippen LogP contribution in [0.2, 0.25) is 5.02 Å². The number of benzene rings is 1. The van der Waals surface area contributed by atoms with Gasteiger partial charge in [-0.15, -0.1) is 11.3 Å². The van der Waals surface area contributed by atoms with Crippen LogP contribution >= 0.6 is 22.9 Å². The Morgan fingerprint density at radius 3 is 2.38 bits per heavy atom. The van der Waals surface area contributed by atoms with Gasteiger partial charge in [-0.3, -0.25) is 9.55 Å². The Bertz CT molecular complexity index is 1030. The van der Waals surface area contributed by atoms with Gasteiger partial charge in [0.2, 0.25) is 0 Å². The monoisotopic (exact) mass is 427 g/mol. The topological polar surface area (TPSA) is 55.6 Å². The molecule has 0 unspecified atom stereocenters. The second-order valence-electron chi connectivity index (χ2n) is 6.61. The molecule has 0 saturated carbocycles. The molecule has 5 nitrogen and oxygen atoms in total. The molecule has 0 aliphatic heterocycles. The first-order chi connectivity index (χ1) is 14.1. The Balaban J connectivity index is 0.000000298. The highest BCUT2D eigenvalue weighted by molar-refractivity contribution is 7.15. The van der Waals surface area contributed by atoms with Crippen LogP contribution in [0.5, 0.6) is 0 Å². The number of thiazole rings is 1. The molecule has 3 heterocycles. The lowest BCUT2D eigenvalue weighted by Gasteiger charge is -2.07. The summed E-state index contributed by atoms with van der Waals surface area (Å²) in [7, 11) is 0. The second-order valence-corrected chi connectivity index (χ2v) is 8.28. The van der Waals surface area contributed by atoms with Crippen molar-refractivity contribution in [3.05, 3.63) is 59.0 Å². The van der Waals surface area contributed by atoms with Gasteiger partial charge in [0.05, 0.1) is 27.1 Å². The van der Waals surface area contributed by atoms with Crippen LogP contribution in [0.15, 0.2) is 48.9 Å². The van der Waals surface area contributed by atoms with Gasteiger partial charge >= 0.3 is 0 Å². The van der Waals surface area contributed by atoms with Crippen molar-refractivity contribution in [3.8, 4) is 16.4 Å². The van der Waals surface area contributed by atoms with Crippen molar-refractivity contribution in [2.75, 3.05) is 13.1 Å². The lowest BCUT2D eigenvalue weighted by molar-refractivity contribution is 0.662. The number of hydrogen-bond donors (Lipinski definition) is 1. The summed E-state index contributed by atoms with van der Waals surface area (Å²) in [5.74, 6) is 0.871. The maximum atomic E-state index is 6.01. The number of aryl methyl sites for hydroxylation is 1. The Hall–Kier alpha value is -2.28. The van der Waals surface area contributed by atoms with E-state index in [0.717, 1.165) is 32.4 Å². The van der Waals surface area contributed by atoms with E-state index in [1.54, 1.807) is 17.5 Å². The average molecular weight is 428 g/mol. The van der Waals surface area contributed by atoms with E-state index in [2.05, 4.69) is 33.7 Å². The van der Waals surface area contributed by atoms with Crippen molar-refractivity contribution < 1.29 is 0 Å². The van der Waals surface area contributed by atoms with Crippen LogP contribution in [0.3, 0.4) is 0 Å². The maximum Gasteiger partial charge on any atom is 0.157 e. The third kappa shape index (κ3) is 5.41. The Morgan fingerprint density at radius 1 is 1.03 bits per heavy atom. The van der Waals surface area contributed by atoms with Crippen molar-refractivity contribution >= 4 is 34.0 Å². The van der Waals surface area contributed by atoms with Gasteiger partial charge in [0.15, 0.2) is 5.82 Å². The van der Waals surface area contributed by atoms with E-state index in [4.69, 9.17) is 16.6 Å². The SMILES string of the molecule is CCCNCCC.Cc1ncc(-c2nc3ccncc3n2-c2ccc(Cl)cc2)s1. The summed E-state index contributed by atoms with van der Waals surface area (Å²) in [6, 6.07) is 9.63. The highest BCUT2D eigenvalue weighted by Gasteiger charge is 2.16. The van der Waals surface area contributed by atoms with Crippen LogP contribution in [0, 0.1) is 6.92 Å². The van der Waals surface area contributed by atoms with Gasteiger partial charge in [-0.05, 0) is 63.2 Å². The fraction of sp³-hybridized carbons (Fsp3) is 0.318. The highest BCUT2D eigenvalue weighted by atomic mass is 35.5. The molecule has 29 heavy (non-hydrogen) atoms. The molecular formula is C22H26ClN5S. The van der Waals surface area contributed by atoms with Crippen LogP contribution in [-0.2, 0) is 0 Å². The third-order valence-corrected chi connectivity index (χ3v) is 5.40. The van der Waals surface area contributed by atoms with Crippen molar-refractivity contribution in [2.45, 2.75) is 33.6 Å². The van der Waals surface area contributed by atoms with Crippen LogP contribution in [0.25, 0.3) is 27.4 Å². The zero-order valence-corrected chi connectivity index (χ0v) is 18.6. The summed E-state index contributed by atoms with van der Waals surface area (Å²) in [5, 5.41) is 5.01. The molecule has 4 aromatic rings. The van der Waals surface area contributed by atoms with Gasteiger partial charge < -0.3 is 5.32 Å². The highest BCUT2D eigenvalue weighted by Crippen LogP contribution is 2.31. The lowest BCUT2D eigenvalue weighted by Crippen LogP contribution is -2.14. The van der Waals surface area contributed by atoms with Crippen LogP contribution < -0.4 is 5.32 Å². The zero-order valence-electron chi connectivity index (χ0n) is 17.0. The van der Waals surface area contributed by atoms with Crippen LogP contribution in [0.4, 0.5) is 0 Å². The normalized spacial score (nSPS) is 10.8. The van der Waals surface area contributed by atoms with E-state index in [1.165, 1.54) is 25.9 Å². The predicted octanol–water partition coefficient (Wildman–Crippen LogP) is 5.90. The fourth-order valence-corrected chi connectivity index (χ4v) is 3.77. The molecule has 1 aromatic carbocycles. The number of fused-ring (bicyclic) bond motifs is 1. The molecule has 7 heteroatoms. The van der Waals surface area contributed by atoms with Crippen molar-refractivity contribution in [1.29, 1.82) is 0 Å². The quantitative estimate of drug-likeness (QED) is 0.389. The fourth-order valence-electron chi connectivity index (χ4n) is 2.88. The van der Waals surface area contributed by atoms with Gasteiger partial charge in [-0.1, -0.05) is 25.4 Å². The molecule has 3 aromatic heterocycles. The first-order valence-electron chi connectivity index (χ1n) is 9.86. The van der Waals surface area contributed by atoms with E-state index >= 15 is 0 Å². The molecule has 0 saturated heterocycles. The summed E-state index contributed by atoms with van der Waals surface area (Å²) >= 11 is 7.63. The summed E-state index contributed by atoms with van der Waals surface area (Å²) in [4.78, 5) is 14.4. The van der Waals surface area contributed by atoms with Gasteiger partial charge in [0.1, 0.15) is 0 Å². The van der Waals surface area contributed by atoms with E-state index in [0.29, 0.717) is 5.02 Å². The molecule has 152 valence electrons. The molecule has 0 aliphatic rings. The summed E-state index contributed by atoms with van der Waals surface area (Å²) in [5.41, 5.74) is 2.87. The molecule has 0 spiro atoms. The van der Waals surface area contributed by atoms with E-state index < -0.39 is 0 Å². The lowest BCUT2D eigenvalue weighted by atomic mass is 10.3. The molecule has 0 amide bonds. The minimum Gasteiger partial charge on any atom is -0.317 e.